The second-order valence-electron chi connectivity index (χ2n) is 7.60. The summed E-state index contributed by atoms with van der Waals surface area (Å²) in [5.41, 5.74) is 3.78. The van der Waals surface area contributed by atoms with Crippen LogP contribution in [0.2, 0.25) is 0 Å². The van der Waals surface area contributed by atoms with E-state index in [2.05, 4.69) is 10.7 Å². The number of urea groups is 1. The van der Waals surface area contributed by atoms with Crippen LogP contribution in [0.5, 0.6) is 0 Å². The minimum Gasteiger partial charge on any atom is -0.322 e. The summed E-state index contributed by atoms with van der Waals surface area (Å²) in [6.45, 7) is 1.70. The largest absolute Gasteiger partial charge is 0.344 e. The van der Waals surface area contributed by atoms with Gasteiger partial charge in [0.15, 0.2) is 0 Å². The Balaban J connectivity index is 1.43. The first-order valence-electron chi connectivity index (χ1n) is 9.59. The number of thiophene rings is 1. The number of carbonyl (C=O) groups is 3. The van der Waals surface area contributed by atoms with Gasteiger partial charge in [0.05, 0.1) is 4.88 Å². The monoisotopic (exact) mass is 397 g/mol. The molecule has 2 aliphatic rings. The maximum atomic E-state index is 12.9. The van der Waals surface area contributed by atoms with Crippen LogP contribution in [-0.2, 0) is 24.1 Å². The molecule has 2 heterocycles. The summed E-state index contributed by atoms with van der Waals surface area (Å²) < 4.78 is 0. The lowest BCUT2D eigenvalue weighted by atomic mass is 9.93. The van der Waals surface area contributed by atoms with E-state index in [1.165, 1.54) is 21.8 Å². The number of imide groups is 1. The summed E-state index contributed by atoms with van der Waals surface area (Å²) in [5, 5.41) is 3.56. The van der Waals surface area contributed by atoms with Crippen molar-refractivity contribution in [2.24, 2.45) is 0 Å². The van der Waals surface area contributed by atoms with E-state index in [-0.39, 0.29) is 0 Å². The van der Waals surface area contributed by atoms with Crippen molar-refractivity contribution < 1.29 is 14.4 Å². The van der Waals surface area contributed by atoms with E-state index in [0.29, 0.717) is 17.7 Å². The lowest BCUT2D eigenvalue weighted by molar-refractivity contribution is -0.132. The number of fused-ring (bicyclic) bond motifs is 1. The number of amides is 4. The number of nitrogens with one attached hydrogen (secondary N) is 2. The van der Waals surface area contributed by atoms with Crippen molar-refractivity contribution in [2.45, 2.75) is 51.0 Å². The van der Waals surface area contributed by atoms with Crippen LogP contribution >= 0.6 is 11.3 Å². The van der Waals surface area contributed by atoms with Crippen LogP contribution in [0.1, 0.15) is 51.9 Å². The van der Waals surface area contributed by atoms with Crippen LogP contribution in [0.25, 0.3) is 0 Å². The van der Waals surface area contributed by atoms with E-state index in [1.807, 2.05) is 36.4 Å². The lowest BCUT2D eigenvalue weighted by Crippen LogP contribution is -2.48. The molecule has 4 rings (SSSR count). The Kier molecular flexibility index (Phi) is 4.93. The van der Waals surface area contributed by atoms with E-state index in [1.54, 1.807) is 6.92 Å². The molecule has 0 radical (unpaired) electrons. The van der Waals surface area contributed by atoms with E-state index in [0.717, 1.165) is 36.3 Å². The van der Waals surface area contributed by atoms with Gasteiger partial charge in [-0.05, 0) is 62.6 Å². The van der Waals surface area contributed by atoms with E-state index in [9.17, 15) is 14.4 Å². The fraction of sp³-hybridized carbons (Fsp3) is 0.381. The Morgan fingerprint density at radius 3 is 2.71 bits per heavy atom. The molecule has 1 aliphatic carbocycles. The second kappa shape index (κ2) is 7.39. The molecule has 28 heavy (non-hydrogen) atoms. The van der Waals surface area contributed by atoms with Crippen LogP contribution < -0.4 is 10.7 Å². The average molecular weight is 398 g/mol. The smallest absolute Gasteiger partial charge is 0.322 e. The molecule has 2 N–H and O–H groups in total. The molecule has 0 spiro atoms. The van der Waals surface area contributed by atoms with Crippen LogP contribution in [0.3, 0.4) is 0 Å². The number of nitrogens with zero attached hydrogens (tertiary/aromatic N) is 1. The minimum atomic E-state index is -1.03. The van der Waals surface area contributed by atoms with Crippen molar-refractivity contribution in [2.75, 3.05) is 0 Å². The van der Waals surface area contributed by atoms with Gasteiger partial charge in [0.2, 0.25) is 0 Å². The van der Waals surface area contributed by atoms with E-state index < -0.39 is 23.4 Å². The quantitative estimate of drug-likeness (QED) is 0.761. The van der Waals surface area contributed by atoms with E-state index in [4.69, 9.17) is 0 Å². The minimum absolute atomic E-state index is 0.407. The highest BCUT2D eigenvalue weighted by atomic mass is 32.1. The summed E-state index contributed by atoms with van der Waals surface area (Å²) in [5.74, 6) is -0.835. The molecule has 1 atom stereocenters. The Labute approximate surface area is 167 Å². The SMILES string of the molecule is CC1(CCc2ccccc2)NC(=O)N(NC(=O)c2cc3c(s2)CCCC3)C1=O. The Morgan fingerprint density at radius 1 is 1.21 bits per heavy atom. The number of aryl methyl sites for hydroxylation is 3. The summed E-state index contributed by atoms with van der Waals surface area (Å²) in [6.07, 6.45) is 5.37. The van der Waals surface area contributed by atoms with Crippen LogP contribution in [-0.4, -0.2) is 28.4 Å². The molecule has 0 bridgehead atoms. The van der Waals surface area contributed by atoms with E-state index >= 15 is 0 Å². The molecule has 1 fully saturated rings. The highest BCUT2D eigenvalue weighted by molar-refractivity contribution is 7.14. The zero-order chi connectivity index (χ0) is 19.7. The third-order valence-corrected chi connectivity index (χ3v) is 6.69. The van der Waals surface area contributed by atoms with Crippen LogP contribution in [0.4, 0.5) is 4.79 Å². The molecule has 1 aliphatic heterocycles. The summed E-state index contributed by atoms with van der Waals surface area (Å²) >= 11 is 1.45. The first-order chi connectivity index (χ1) is 13.5. The lowest BCUT2D eigenvalue weighted by Gasteiger charge is -2.21. The highest BCUT2D eigenvalue weighted by Crippen LogP contribution is 2.30. The van der Waals surface area contributed by atoms with Crippen molar-refractivity contribution in [3.63, 3.8) is 0 Å². The van der Waals surface area contributed by atoms with Gasteiger partial charge < -0.3 is 5.32 Å². The molecule has 0 saturated carbocycles. The molecule has 2 aromatic rings. The molecule has 6 nitrogen and oxygen atoms in total. The van der Waals surface area contributed by atoms with Crippen LogP contribution in [0.15, 0.2) is 36.4 Å². The molecule has 1 saturated heterocycles. The highest BCUT2D eigenvalue weighted by Gasteiger charge is 2.48. The maximum absolute atomic E-state index is 12.9. The van der Waals surface area contributed by atoms with Gasteiger partial charge in [-0.25, -0.2) is 4.79 Å². The molecular weight excluding hydrogens is 374 g/mol. The molecular formula is C21H23N3O3S. The zero-order valence-electron chi connectivity index (χ0n) is 15.8. The van der Waals surface area contributed by atoms with Crippen molar-refractivity contribution >= 4 is 29.2 Å². The average Bonchev–Trinajstić information content (AvgIpc) is 3.22. The summed E-state index contributed by atoms with van der Waals surface area (Å²) in [6, 6.07) is 11.1. The van der Waals surface area contributed by atoms with Gasteiger partial charge in [-0.1, -0.05) is 30.3 Å². The van der Waals surface area contributed by atoms with Gasteiger partial charge >= 0.3 is 6.03 Å². The fourth-order valence-electron chi connectivity index (χ4n) is 3.75. The first-order valence-corrected chi connectivity index (χ1v) is 10.4. The van der Waals surface area contributed by atoms with Crippen molar-refractivity contribution in [3.8, 4) is 0 Å². The molecule has 1 aromatic carbocycles. The second-order valence-corrected chi connectivity index (χ2v) is 8.73. The zero-order valence-corrected chi connectivity index (χ0v) is 16.6. The number of benzene rings is 1. The number of hydrogen-bond donors (Lipinski definition) is 2. The Hall–Kier alpha value is -2.67. The predicted molar refractivity (Wildman–Crippen MR) is 107 cm³/mol. The van der Waals surface area contributed by atoms with Gasteiger partial charge in [-0.3, -0.25) is 15.0 Å². The molecule has 146 valence electrons. The maximum Gasteiger partial charge on any atom is 0.344 e. The van der Waals surface area contributed by atoms with Gasteiger partial charge in [-0.15, -0.1) is 11.3 Å². The Bertz CT molecular complexity index is 901. The van der Waals surface area contributed by atoms with Crippen LogP contribution in [0, 0.1) is 0 Å². The number of hydrogen-bond acceptors (Lipinski definition) is 4. The van der Waals surface area contributed by atoms with Gasteiger partial charge in [0.25, 0.3) is 11.8 Å². The standard InChI is InChI=1S/C21H23N3O3S/c1-21(12-11-14-7-3-2-4-8-14)19(26)24(20(27)22-21)23-18(25)17-13-15-9-5-6-10-16(15)28-17/h2-4,7-8,13H,5-6,9-12H2,1H3,(H,22,27)(H,23,25). The predicted octanol–water partition coefficient (Wildman–Crippen LogP) is 3.22. The summed E-state index contributed by atoms with van der Waals surface area (Å²) in [7, 11) is 0. The number of rotatable bonds is 5. The fourth-order valence-corrected chi connectivity index (χ4v) is 4.90. The summed E-state index contributed by atoms with van der Waals surface area (Å²) in [4.78, 5) is 39.6. The van der Waals surface area contributed by atoms with Gasteiger partial charge in [0, 0.05) is 4.88 Å². The third-order valence-electron chi connectivity index (χ3n) is 5.45. The normalized spacial score (nSPS) is 21.4. The Morgan fingerprint density at radius 2 is 1.96 bits per heavy atom. The third kappa shape index (κ3) is 3.54. The molecule has 1 aromatic heterocycles. The van der Waals surface area contributed by atoms with Gasteiger partial charge in [0.1, 0.15) is 5.54 Å². The first kappa shape index (κ1) is 18.7. The number of carbonyl (C=O) groups excluding carboxylic acids is 3. The van der Waals surface area contributed by atoms with Crippen molar-refractivity contribution in [1.82, 2.24) is 15.8 Å². The topological polar surface area (TPSA) is 78.5 Å². The number of hydrazine groups is 1. The van der Waals surface area contributed by atoms with Gasteiger partial charge in [-0.2, -0.15) is 5.01 Å². The van der Waals surface area contributed by atoms with Crippen molar-refractivity contribution in [1.29, 1.82) is 0 Å². The molecule has 4 amide bonds. The van der Waals surface area contributed by atoms with Crippen molar-refractivity contribution in [3.05, 3.63) is 57.3 Å². The molecule has 7 heteroatoms. The molecule has 1 unspecified atom stereocenters.